The summed E-state index contributed by atoms with van der Waals surface area (Å²) in [6, 6.07) is 0. The highest BCUT2D eigenvalue weighted by atomic mass is 16.5. The van der Waals surface area contributed by atoms with Crippen molar-refractivity contribution in [3.8, 4) is 0 Å². The zero-order valence-corrected chi connectivity index (χ0v) is 9.56. The Hall–Kier alpha value is -0.870. The highest BCUT2D eigenvalue weighted by Crippen LogP contribution is 2.25. The van der Waals surface area contributed by atoms with Gasteiger partial charge in [-0.15, -0.1) is 0 Å². The van der Waals surface area contributed by atoms with Crippen LogP contribution in [0.1, 0.15) is 36.9 Å². The Kier molecular flexibility index (Phi) is 2.69. The van der Waals surface area contributed by atoms with Crippen LogP contribution < -0.4 is 5.73 Å². The van der Waals surface area contributed by atoms with E-state index in [1.54, 1.807) is 0 Å². The molecule has 4 nitrogen and oxygen atoms in total. The fraction of sp³-hybridized carbons (Fsp3) is 0.750. The summed E-state index contributed by atoms with van der Waals surface area (Å²) in [5.41, 5.74) is 7.47. The SMILES string of the molecule is NC1CCCc2cnc(CC3CCOC3)n21. The number of nitrogens with zero attached hydrogens (tertiary/aromatic N) is 2. The molecule has 1 saturated heterocycles. The number of hydrogen-bond acceptors (Lipinski definition) is 3. The summed E-state index contributed by atoms with van der Waals surface area (Å²) < 4.78 is 7.66. The maximum atomic E-state index is 6.16. The van der Waals surface area contributed by atoms with Gasteiger partial charge in [-0.3, -0.25) is 0 Å². The molecule has 0 aromatic carbocycles. The smallest absolute Gasteiger partial charge is 0.110 e. The number of ether oxygens (including phenoxy) is 1. The number of rotatable bonds is 2. The van der Waals surface area contributed by atoms with Crippen LogP contribution in [0.15, 0.2) is 6.20 Å². The van der Waals surface area contributed by atoms with E-state index in [4.69, 9.17) is 10.5 Å². The number of imidazole rings is 1. The molecule has 88 valence electrons. The van der Waals surface area contributed by atoms with E-state index >= 15 is 0 Å². The lowest BCUT2D eigenvalue weighted by molar-refractivity contribution is 0.185. The molecule has 2 unspecified atom stereocenters. The molecule has 2 N–H and O–H groups in total. The molecule has 0 saturated carbocycles. The Balaban J connectivity index is 1.81. The standard InChI is InChI=1S/C12H19N3O/c13-11-3-1-2-10-7-14-12(15(10)11)6-9-4-5-16-8-9/h7,9,11H,1-6,8,13H2. The second-order valence-electron chi connectivity index (χ2n) is 4.93. The predicted molar refractivity (Wildman–Crippen MR) is 61.0 cm³/mol. The van der Waals surface area contributed by atoms with Gasteiger partial charge in [-0.2, -0.15) is 0 Å². The van der Waals surface area contributed by atoms with E-state index in [-0.39, 0.29) is 6.17 Å². The van der Waals surface area contributed by atoms with Crippen molar-refractivity contribution in [1.29, 1.82) is 0 Å². The van der Waals surface area contributed by atoms with Crippen LogP contribution in [0.5, 0.6) is 0 Å². The average molecular weight is 221 g/mol. The van der Waals surface area contributed by atoms with Crippen LogP contribution in [-0.4, -0.2) is 22.8 Å². The third kappa shape index (κ3) is 1.76. The molecule has 2 aliphatic heterocycles. The van der Waals surface area contributed by atoms with Crippen LogP contribution >= 0.6 is 0 Å². The molecule has 2 atom stereocenters. The summed E-state index contributed by atoms with van der Waals surface area (Å²) in [5.74, 6) is 1.80. The van der Waals surface area contributed by atoms with Crippen LogP contribution in [0.3, 0.4) is 0 Å². The van der Waals surface area contributed by atoms with Gasteiger partial charge in [0.15, 0.2) is 0 Å². The molecule has 2 aliphatic rings. The molecule has 3 heterocycles. The van der Waals surface area contributed by atoms with Gasteiger partial charge in [0, 0.05) is 31.5 Å². The zero-order valence-electron chi connectivity index (χ0n) is 9.56. The minimum atomic E-state index is 0.142. The van der Waals surface area contributed by atoms with Crippen molar-refractivity contribution in [2.24, 2.45) is 11.7 Å². The van der Waals surface area contributed by atoms with Crippen LogP contribution in [0.2, 0.25) is 0 Å². The van der Waals surface area contributed by atoms with Gasteiger partial charge in [0.2, 0.25) is 0 Å². The first-order valence-electron chi connectivity index (χ1n) is 6.23. The fourth-order valence-electron chi connectivity index (χ4n) is 2.80. The van der Waals surface area contributed by atoms with E-state index in [0.29, 0.717) is 5.92 Å². The van der Waals surface area contributed by atoms with Crippen LogP contribution in [0.25, 0.3) is 0 Å². The van der Waals surface area contributed by atoms with E-state index < -0.39 is 0 Å². The van der Waals surface area contributed by atoms with Gasteiger partial charge in [0.25, 0.3) is 0 Å². The highest BCUT2D eigenvalue weighted by Gasteiger charge is 2.23. The molecule has 0 bridgehead atoms. The lowest BCUT2D eigenvalue weighted by Gasteiger charge is -2.24. The van der Waals surface area contributed by atoms with Crippen molar-refractivity contribution in [2.45, 2.75) is 38.3 Å². The van der Waals surface area contributed by atoms with Crippen molar-refractivity contribution in [2.75, 3.05) is 13.2 Å². The molecule has 0 amide bonds. The Labute approximate surface area is 95.8 Å². The first-order chi connectivity index (χ1) is 7.84. The fourth-order valence-corrected chi connectivity index (χ4v) is 2.80. The van der Waals surface area contributed by atoms with Crippen molar-refractivity contribution >= 4 is 0 Å². The molecular formula is C12H19N3O. The molecule has 0 aliphatic carbocycles. The van der Waals surface area contributed by atoms with Crippen LogP contribution in [-0.2, 0) is 17.6 Å². The van der Waals surface area contributed by atoms with Gasteiger partial charge in [-0.25, -0.2) is 4.98 Å². The number of aryl methyl sites for hydroxylation is 1. The first-order valence-corrected chi connectivity index (χ1v) is 6.23. The maximum Gasteiger partial charge on any atom is 0.110 e. The molecule has 1 aromatic heterocycles. The van der Waals surface area contributed by atoms with Crippen LogP contribution in [0.4, 0.5) is 0 Å². The van der Waals surface area contributed by atoms with Crippen molar-refractivity contribution in [3.63, 3.8) is 0 Å². The van der Waals surface area contributed by atoms with Gasteiger partial charge in [0.1, 0.15) is 5.82 Å². The molecule has 3 rings (SSSR count). The second kappa shape index (κ2) is 4.18. The zero-order chi connectivity index (χ0) is 11.0. The molecule has 0 spiro atoms. The molecule has 0 radical (unpaired) electrons. The van der Waals surface area contributed by atoms with Gasteiger partial charge in [-0.05, 0) is 31.6 Å². The summed E-state index contributed by atoms with van der Waals surface area (Å²) in [6.07, 6.45) is 7.73. The summed E-state index contributed by atoms with van der Waals surface area (Å²) in [5, 5.41) is 0. The van der Waals surface area contributed by atoms with Crippen LogP contribution in [0, 0.1) is 5.92 Å². The molecular weight excluding hydrogens is 202 g/mol. The third-order valence-corrected chi connectivity index (χ3v) is 3.71. The highest BCUT2D eigenvalue weighted by molar-refractivity contribution is 5.10. The largest absolute Gasteiger partial charge is 0.381 e. The van der Waals surface area contributed by atoms with Gasteiger partial charge < -0.3 is 15.0 Å². The molecule has 1 aromatic rings. The van der Waals surface area contributed by atoms with E-state index in [0.717, 1.165) is 44.7 Å². The van der Waals surface area contributed by atoms with E-state index in [1.807, 2.05) is 6.20 Å². The third-order valence-electron chi connectivity index (χ3n) is 3.71. The van der Waals surface area contributed by atoms with E-state index in [9.17, 15) is 0 Å². The normalized spacial score (nSPS) is 29.3. The quantitative estimate of drug-likeness (QED) is 0.818. The molecule has 4 heteroatoms. The average Bonchev–Trinajstić information content (AvgIpc) is 2.90. The topological polar surface area (TPSA) is 53.1 Å². The summed E-state index contributed by atoms with van der Waals surface area (Å²) in [7, 11) is 0. The van der Waals surface area contributed by atoms with Gasteiger partial charge in [-0.1, -0.05) is 0 Å². The molecule has 1 fully saturated rings. The summed E-state index contributed by atoms with van der Waals surface area (Å²) >= 11 is 0. The Morgan fingerprint density at radius 2 is 2.44 bits per heavy atom. The van der Waals surface area contributed by atoms with Gasteiger partial charge in [0.05, 0.1) is 6.17 Å². The summed E-state index contributed by atoms with van der Waals surface area (Å²) in [6.45, 7) is 1.79. The lowest BCUT2D eigenvalue weighted by atomic mass is 10.0. The van der Waals surface area contributed by atoms with E-state index in [2.05, 4.69) is 9.55 Å². The lowest BCUT2D eigenvalue weighted by Crippen LogP contribution is -2.27. The molecule has 16 heavy (non-hydrogen) atoms. The van der Waals surface area contributed by atoms with Crippen molar-refractivity contribution < 1.29 is 4.74 Å². The second-order valence-corrected chi connectivity index (χ2v) is 4.93. The maximum absolute atomic E-state index is 6.16. The number of hydrogen-bond donors (Lipinski definition) is 1. The predicted octanol–water partition coefficient (Wildman–Crippen LogP) is 1.26. The summed E-state index contributed by atoms with van der Waals surface area (Å²) in [4.78, 5) is 4.54. The van der Waals surface area contributed by atoms with Crippen molar-refractivity contribution in [1.82, 2.24) is 9.55 Å². The monoisotopic (exact) mass is 221 g/mol. The van der Waals surface area contributed by atoms with E-state index in [1.165, 1.54) is 12.1 Å². The van der Waals surface area contributed by atoms with Crippen molar-refractivity contribution in [3.05, 3.63) is 17.7 Å². The number of aromatic nitrogens is 2. The number of fused-ring (bicyclic) bond motifs is 1. The minimum Gasteiger partial charge on any atom is -0.381 e. The Morgan fingerprint density at radius 1 is 1.50 bits per heavy atom. The Morgan fingerprint density at radius 3 is 3.25 bits per heavy atom. The number of nitrogens with two attached hydrogens (primary N) is 1. The Bertz CT molecular complexity index is 368. The first kappa shape index (κ1) is 10.3. The minimum absolute atomic E-state index is 0.142. The van der Waals surface area contributed by atoms with Gasteiger partial charge >= 0.3 is 0 Å².